The number of Topliss-reactive ketones (excluding diaryl/α,β-unsaturated/α-hetero) is 1. The molecule has 0 amide bonds. The Hall–Kier alpha value is -1.61. The van der Waals surface area contributed by atoms with Gasteiger partial charge >= 0.3 is 0 Å². The molecular weight excluding hydrogens is 284 g/mol. The van der Waals surface area contributed by atoms with Crippen molar-refractivity contribution in [3.8, 4) is 0 Å². The quantitative estimate of drug-likeness (QED) is 0.862. The van der Waals surface area contributed by atoms with Crippen molar-refractivity contribution in [2.24, 2.45) is 11.8 Å². The predicted octanol–water partition coefficient (Wildman–Crippen LogP) is 3.75. The normalized spacial score (nSPS) is 25.2. The topological polar surface area (TPSA) is 25.2 Å². The second-order valence-corrected chi connectivity index (χ2v) is 7.24. The first-order valence-electron chi connectivity index (χ1n) is 9.07. The lowest BCUT2D eigenvalue weighted by molar-refractivity contribution is 0.0816. The molecule has 1 fully saturated rings. The molecule has 2 unspecified atom stereocenters. The summed E-state index contributed by atoms with van der Waals surface area (Å²) in [6.45, 7) is 8.66. The number of ketones is 1. The summed E-state index contributed by atoms with van der Waals surface area (Å²) in [4.78, 5) is 15.8. The Morgan fingerprint density at radius 3 is 2.65 bits per heavy atom. The van der Waals surface area contributed by atoms with Gasteiger partial charge in [0.1, 0.15) is 0 Å². The average Bonchev–Trinajstić information content (AvgIpc) is 3.16. The summed E-state index contributed by atoms with van der Waals surface area (Å²) in [5.41, 5.74) is 3.51. The minimum atomic E-state index is 0.164. The SMILES string of the molecule is CCn1c2c(c3ccccc31)C(=O)C(CN1CCCC1)C(C)C2. The van der Waals surface area contributed by atoms with E-state index in [9.17, 15) is 4.79 Å². The van der Waals surface area contributed by atoms with Crippen LogP contribution in [0.3, 0.4) is 0 Å². The van der Waals surface area contributed by atoms with Crippen molar-refractivity contribution in [3.63, 3.8) is 0 Å². The molecule has 0 bridgehead atoms. The van der Waals surface area contributed by atoms with E-state index in [1.54, 1.807) is 0 Å². The zero-order chi connectivity index (χ0) is 16.0. The van der Waals surface area contributed by atoms with Crippen molar-refractivity contribution in [1.29, 1.82) is 0 Å². The molecule has 4 rings (SSSR count). The zero-order valence-corrected chi connectivity index (χ0v) is 14.2. The van der Waals surface area contributed by atoms with Gasteiger partial charge in [-0.2, -0.15) is 0 Å². The highest BCUT2D eigenvalue weighted by atomic mass is 16.1. The van der Waals surface area contributed by atoms with E-state index in [0.717, 1.165) is 30.5 Å². The molecule has 1 aromatic carbocycles. The number of aryl methyl sites for hydroxylation is 1. The number of para-hydroxylation sites is 1. The van der Waals surface area contributed by atoms with E-state index in [1.165, 1.54) is 37.1 Å². The van der Waals surface area contributed by atoms with Crippen LogP contribution in [0, 0.1) is 11.8 Å². The minimum absolute atomic E-state index is 0.164. The molecule has 2 heterocycles. The number of likely N-dealkylation sites (tertiary alicyclic amines) is 1. The number of hydrogen-bond acceptors (Lipinski definition) is 2. The van der Waals surface area contributed by atoms with Crippen LogP contribution >= 0.6 is 0 Å². The Morgan fingerprint density at radius 1 is 1.17 bits per heavy atom. The van der Waals surface area contributed by atoms with Gasteiger partial charge in [-0.05, 0) is 51.3 Å². The minimum Gasteiger partial charge on any atom is -0.344 e. The van der Waals surface area contributed by atoms with Gasteiger partial charge in [-0.25, -0.2) is 0 Å². The van der Waals surface area contributed by atoms with Crippen LogP contribution in [0.25, 0.3) is 10.9 Å². The fourth-order valence-corrected chi connectivity index (χ4v) is 4.60. The van der Waals surface area contributed by atoms with Gasteiger partial charge in [0.2, 0.25) is 0 Å². The molecule has 0 radical (unpaired) electrons. The fourth-order valence-electron chi connectivity index (χ4n) is 4.60. The van der Waals surface area contributed by atoms with E-state index in [-0.39, 0.29) is 5.92 Å². The molecule has 2 aliphatic rings. The van der Waals surface area contributed by atoms with Crippen LogP contribution in [0.4, 0.5) is 0 Å². The predicted molar refractivity (Wildman–Crippen MR) is 94.0 cm³/mol. The first-order chi connectivity index (χ1) is 11.2. The molecule has 1 aromatic heterocycles. The van der Waals surface area contributed by atoms with Gasteiger partial charge in [0, 0.05) is 41.2 Å². The monoisotopic (exact) mass is 310 g/mol. The van der Waals surface area contributed by atoms with E-state index in [0.29, 0.717) is 11.7 Å². The maximum Gasteiger partial charge on any atom is 0.169 e. The fraction of sp³-hybridized carbons (Fsp3) is 0.550. The number of hydrogen-bond donors (Lipinski definition) is 0. The van der Waals surface area contributed by atoms with Crippen molar-refractivity contribution in [3.05, 3.63) is 35.5 Å². The van der Waals surface area contributed by atoms with Gasteiger partial charge < -0.3 is 9.47 Å². The van der Waals surface area contributed by atoms with Crippen LogP contribution in [0.1, 0.15) is 42.7 Å². The molecule has 23 heavy (non-hydrogen) atoms. The number of nitrogens with zero attached hydrogens (tertiary/aromatic N) is 2. The largest absolute Gasteiger partial charge is 0.344 e. The van der Waals surface area contributed by atoms with Gasteiger partial charge in [0.05, 0.1) is 0 Å². The molecule has 122 valence electrons. The average molecular weight is 310 g/mol. The Labute approximate surface area is 138 Å². The molecule has 3 nitrogen and oxygen atoms in total. The highest BCUT2D eigenvalue weighted by Crippen LogP contribution is 2.37. The van der Waals surface area contributed by atoms with Crippen LogP contribution in [0.5, 0.6) is 0 Å². The Balaban J connectivity index is 1.77. The van der Waals surface area contributed by atoms with Crippen molar-refractivity contribution in [1.82, 2.24) is 9.47 Å². The summed E-state index contributed by atoms with van der Waals surface area (Å²) in [6.07, 6.45) is 3.60. The molecule has 1 aliphatic carbocycles. The zero-order valence-electron chi connectivity index (χ0n) is 14.2. The molecule has 1 aliphatic heterocycles. The lowest BCUT2D eigenvalue weighted by atomic mass is 9.77. The van der Waals surface area contributed by atoms with Crippen LogP contribution in [0.15, 0.2) is 24.3 Å². The standard InChI is InChI=1S/C20H26N2O/c1-3-22-17-9-5-4-8-15(17)19-18(22)12-14(2)16(20(19)23)13-21-10-6-7-11-21/h4-5,8-9,14,16H,3,6-7,10-13H2,1-2H3. The Bertz CT molecular complexity index is 739. The van der Waals surface area contributed by atoms with E-state index in [1.807, 2.05) is 0 Å². The van der Waals surface area contributed by atoms with E-state index in [2.05, 4.69) is 47.6 Å². The van der Waals surface area contributed by atoms with Crippen LogP contribution in [0.2, 0.25) is 0 Å². The lowest BCUT2D eigenvalue weighted by Gasteiger charge is -2.31. The van der Waals surface area contributed by atoms with Crippen molar-refractivity contribution in [2.75, 3.05) is 19.6 Å². The Kier molecular flexibility index (Phi) is 3.76. The molecule has 2 aromatic rings. The van der Waals surface area contributed by atoms with E-state index < -0.39 is 0 Å². The number of rotatable bonds is 3. The lowest BCUT2D eigenvalue weighted by Crippen LogP contribution is -2.39. The van der Waals surface area contributed by atoms with Gasteiger partial charge in [-0.15, -0.1) is 0 Å². The van der Waals surface area contributed by atoms with Crippen molar-refractivity contribution in [2.45, 2.75) is 39.7 Å². The first kappa shape index (κ1) is 14.9. The van der Waals surface area contributed by atoms with Gasteiger partial charge in [0.25, 0.3) is 0 Å². The number of carbonyl (C=O) groups excluding carboxylic acids is 1. The summed E-state index contributed by atoms with van der Waals surface area (Å²) in [5, 5.41) is 1.16. The summed E-state index contributed by atoms with van der Waals surface area (Å²) in [5.74, 6) is 0.982. The smallest absolute Gasteiger partial charge is 0.169 e. The summed E-state index contributed by atoms with van der Waals surface area (Å²) < 4.78 is 2.35. The van der Waals surface area contributed by atoms with E-state index >= 15 is 0 Å². The number of carbonyl (C=O) groups is 1. The van der Waals surface area contributed by atoms with Crippen molar-refractivity contribution >= 4 is 16.7 Å². The Morgan fingerprint density at radius 2 is 1.91 bits per heavy atom. The second-order valence-electron chi connectivity index (χ2n) is 7.24. The van der Waals surface area contributed by atoms with Gasteiger partial charge in [-0.1, -0.05) is 25.1 Å². The van der Waals surface area contributed by atoms with Crippen molar-refractivity contribution < 1.29 is 4.79 Å². The number of aromatic nitrogens is 1. The molecule has 0 N–H and O–H groups in total. The third-order valence-corrected chi connectivity index (χ3v) is 5.83. The van der Waals surface area contributed by atoms with Gasteiger partial charge in [0.15, 0.2) is 5.78 Å². The molecule has 3 heteroatoms. The third-order valence-electron chi connectivity index (χ3n) is 5.83. The first-order valence-corrected chi connectivity index (χ1v) is 9.07. The highest BCUT2D eigenvalue weighted by Gasteiger charge is 2.37. The summed E-state index contributed by atoms with van der Waals surface area (Å²) >= 11 is 0. The van der Waals surface area contributed by atoms with Crippen LogP contribution < -0.4 is 0 Å². The van der Waals surface area contributed by atoms with Crippen LogP contribution in [-0.2, 0) is 13.0 Å². The maximum absolute atomic E-state index is 13.3. The summed E-state index contributed by atoms with van der Waals surface area (Å²) in [6, 6.07) is 8.42. The van der Waals surface area contributed by atoms with Gasteiger partial charge in [-0.3, -0.25) is 4.79 Å². The molecule has 0 spiro atoms. The third kappa shape index (κ3) is 2.33. The van der Waals surface area contributed by atoms with Crippen LogP contribution in [-0.4, -0.2) is 34.9 Å². The number of benzene rings is 1. The number of fused-ring (bicyclic) bond motifs is 3. The summed E-state index contributed by atoms with van der Waals surface area (Å²) in [7, 11) is 0. The maximum atomic E-state index is 13.3. The molecule has 0 saturated carbocycles. The van der Waals surface area contributed by atoms with E-state index in [4.69, 9.17) is 0 Å². The molecule has 1 saturated heterocycles. The molecular formula is C20H26N2O. The highest BCUT2D eigenvalue weighted by molar-refractivity contribution is 6.11. The second kappa shape index (κ2) is 5.79. The molecule has 2 atom stereocenters.